The van der Waals surface area contributed by atoms with Crippen molar-refractivity contribution >= 4 is 17.7 Å². The van der Waals surface area contributed by atoms with Crippen LogP contribution in [0.4, 0.5) is 0 Å². The third kappa shape index (κ3) is 6.45. The van der Waals surface area contributed by atoms with Gasteiger partial charge in [-0.05, 0) is 25.2 Å². The number of carbonyl (C=O) groups excluding carboxylic acids is 3. The van der Waals surface area contributed by atoms with Crippen LogP contribution in [0.3, 0.4) is 0 Å². The first kappa shape index (κ1) is 18.5. The average molecular weight is 311 g/mol. The molecule has 1 saturated heterocycles. The van der Waals surface area contributed by atoms with Gasteiger partial charge in [-0.15, -0.1) is 0 Å². The molecule has 0 aromatic rings. The van der Waals surface area contributed by atoms with Crippen molar-refractivity contribution in [3.05, 3.63) is 0 Å². The van der Waals surface area contributed by atoms with Gasteiger partial charge in [0, 0.05) is 33.0 Å². The van der Waals surface area contributed by atoms with Crippen LogP contribution in [-0.2, 0) is 14.4 Å². The minimum absolute atomic E-state index is 0.0380. The maximum atomic E-state index is 12.1. The van der Waals surface area contributed by atoms with E-state index in [-0.39, 0.29) is 23.6 Å². The Balaban J connectivity index is 2.31. The highest BCUT2D eigenvalue weighted by Crippen LogP contribution is 2.11. The van der Waals surface area contributed by atoms with Crippen molar-refractivity contribution in [2.75, 3.05) is 19.6 Å². The first-order valence-corrected chi connectivity index (χ1v) is 8.24. The highest BCUT2D eigenvalue weighted by molar-refractivity contribution is 5.87. The van der Waals surface area contributed by atoms with Gasteiger partial charge in [0.1, 0.15) is 6.04 Å². The summed E-state index contributed by atoms with van der Waals surface area (Å²) < 4.78 is 0. The summed E-state index contributed by atoms with van der Waals surface area (Å²) in [4.78, 5) is 37.0. The van der Waals surface area contributed by atoms with Crippen molar-refractivity contribution < 1.29 is 14.4 Å². The fourth-order valence-electron chi connectivity index (χ4n) is 2.62. The fraction of sp³-hybridized carbons (Fsp3) is 0.812. The molecule has 0 aromatic carbocycles. The van der Waals surface area contributed by atoms with Crippen LogP contribution in [0.1, 0.15) is 52.9 Å². The summed E-state index contributed by atoms with van der Waals surface area (Å²) in [5.74, 6) is -0.102. The van der Waals surface area contributed by atoms with Crippen LogP contribution in [0.15, 0.2) is 0 Å². The Morgan fingerprint density at radius 3 is 2.59 bits per heavy atom. The average Bonchev–Trinajstić information content (AvgIpc) is 2.65. The second-order valence-electron chi connectivity index (χ2n) is 6.26. The lowest BCUT2D eigenvalue weighted by atomic mass is 10.0. The van der Waals surface area contributed by atoms with Crippen molar-refractivity contribution in [2.45, 2.75) is 58.9 Å². The lowest BCUT2D eigenvalue weighted by molar-refractivity contribution is -0.130. The molecule has 0 bridgehead atoms. The smallest absolute Gasteiger partial charge is 0.242 e. The van der Waals surface area contributed by atoms with Crippen molar-refractivity contribution in [1.29, 1.82) is 0 Å². The number of amides is 3. The highest BCUT2D eigenvalue weighted by atomic mass is 16.2. The Labute approximate surface area is 133 Å². The molecule has 22 heavy (non-hydrogen) atoms. The van der Waals surface area contributed by atoms with Crippen LogP contribution in [0.5, 0.6) is 0 Å². The molecule has 3 amide bonds. The van der Waals surface area contributed by atoms with Crippen molar-refractivity contribution in [1.82, 2.24) is 15.5 Å². The van der Waals surface area contributed by atoms with Crippen molar-refractivity contribution in [2.24, 2.45) is 5.92 Å². The molecule has 1 rings (SSSR count). The predicted molar refractivity (Wildman–Crippen MR) is 85.1 cm³/mol. The molecular formula is C16H29N3O3. The first-order chi connectivity index (χ1) is 10.4. The number of rotatable bonds is 7. The van der Waals surface area contributed by atoms with E-state index in [1.54, 1.807) is 0 Å². The minimum Gasteiger partial charge on any atom is -0.354 e. The second-order valence-corrected chi connectivity index (χ2v) is 6.26. The van der Waals surface area contributed by atoms with Gasteiger partial charge in [0.2, 0.25) is 17.7 Å². The molecule has 6 nitrogen and oxygen atoms in total. The minimum atomic E-state index is -0.502. The van der Waals surface area contributed by atoms with Crippen LogP contribution in [-0.4, -0.2) is 48.3 Å². The quantitative estimate of drug-likeness (QED) is 0.690. The van der Waals surface area contributed by atoms with Gasteiger partial charge in [0.15, 0.2) is 0 Å². The summed E-state index contributed by atoms with van der Waals surface area (Å²) in [6, 6.07) is -0.502. The summed E-state index contributed by atoms with van der Waals surface area (Å²) in [5, 5.41) is 5.52. The maximum absolute atomic E-state index is 12.1. The Kier molecular flexibility index (Phi) is 7.91. The molecule has 1 unspecified atom stereocenters. The third-order valence-electron chi connectivity index (χ3n) is 3.88. The SMILES string of the molecule is CC(=O)NC(C(=O)NCCCN1CCCCCC1=O)C(C)C. The zero-order valence-electron chi connectivity index (χ0n) is 14.0. The van der Waals surface area contributed by atoms with E-state index in [4.69, 9.17) is 0 Å². The van der Waals surface area contributed by atoms with Crippen LogP contribution >= 0.6 is 0 Å². The van der Waals surface area contributed by atoms with Gasteiger partial charge in [-0.3, -0.25) is 14.4 Å². The van der Waals surface area contributed by atoms with E-state index in [0.717, 1.165) is 32.2 Å². The van der Waals surface area contributed by atoms with Crippen molar-refractivity contribution in [3.63, 3.8) is 0 Å². The number of carbonyl (C=O) groups is 3. The van der Waals surface area contributed by atoms with Gasteiger partial charge >= 0.3 is 0 Å². The van der Waals surface area contributed by atoms with E-state index in [0.29, 0.717) is 19.5 Å². The summed E-state index contributed by atoms with van der Waals surface area (Å²) in [7, 11) is 0. The Hall–Kier alpha value is -1.59. The van der Waals surface area contributed by atoms with Gasteiger partial charge in [0.05, 0.1) is 0 Å². The fourth-order valence-corrected chi connectivity index (χ4v) is 2.62. The second kappa shape index (κ2) is 9.43. The van der Waals surface area contributed by atoms with Crippen molar-refractivity contribution in [3.8, 4) is 0 Å². The number of nitrogens with zero attached hydrogens (tertiary/aromatic N) is 1. The van der Waals surface area contributed by atoms with E-state index in [1.807, 2.05) is 18.7 Å². The number of hydrogen-bond donors (Lipinski definition) is 2. The first-order valence-electron chi connectivity index (χ1n) is 8.24. The molecule has 0 aliphatic carbocycles. The lowest BCUT2D eigenvalue weighted by Crippen LogP contribution is -2.49. The molecule has 1 aliphatic rings. The summed E-state index contributed by atoms with van der Waals surface area (Å²) in [6.07, 6.45) is 4.55. The molecule has 126 valence electrons. The van der Waals surface area contributed by atoms with Crippen LogP contribution in [0.2, 0.25) is 0 Å². The molecule has 1 heterocycles. The maximum Gasteiger partial charge on any atom is 0.242 e. The van der Waals surface area contributed by atoms with Crippen LogP contribution in [0, 0.1) is 5.92 Å². The Morgan fingerprint density at radius 2 is 1.95 bits per heavy atom. The van der Waals surface area contributed by atoms with Gasteiger partial charge in [-0.1, -0.05) is 20.3 Å². The number of likely N-dealkylation sites (tertiary alicyclic amines) is 1. The topological polar surface area (TPSA) is 78.5 Å². The van der Waals surface area contributed by atoms with Gasteiger partial charge < -0.3 is 15.5 Å². The van der Waals surface area contributed by atoms with Gasteiger partial charge in [-0.2, -0.15) is 0 Å². The largest absolute Gasteiger partial charge is 0.354 e. The number of hydrogen-bond acceptors (Lipinski definition) is 3. The summed E-state index contributed by atoms with van der Waals surface area (Å²) in [6.45, 7) is 7.24. The summed E-state index contributed by atoms with van der Waals surface area (Å²) in [5.41, 5.74) is 0. The van der Waals surface area contributed by atoms with E-state index in [9.17, 15) is 14.4 Å². The zero-order valence-corrected chi connectivity index (χ0v) is 14.0. The van der Waals surface area contributed by atoms with Gasteiger partial charge in [0.25, 0.3) is 0 Å². The van der Waals surface area contributed by atoms with E-state index in [1.165, 1.54) is 6.92 Å². The van der Waals surface area contributed by atoms with Gasteiger partial charge in [-0.25, -0.2) is 0 Å². The molecule has 0 saturated carbocycles. The number of nitrogens with one attached hydrogen (secondary N) is 2. The molecule has 1 fully saturated rings. The van der Waals surface area contributed by atoms with E-state index in [2.05, 4.69) is 10.6 Å². The molecule has 0 spiro atoms. The third-order valence-corrected chi connectivity index (χ3v) is 3.88. The normalized spacial score (nSPS) is 17.1. The molecule has 0 radical (unpaired) electrons. The monoisotopic (exact) mass is 311 g/mol. The van der Waals surface area contributed by atoms with Crippen LogP contribution < -0.4 is 10.6 Å². The lowest BCUT2D eigenvalue weighted by Gasteiger charge is -2.22. The Morgan fingerprint density at radius 1 is 1.23 bits per heavy atom. The summed E-state index contributed by atoms with van der Waals surface area (Å²) >= 11 is 0. The molecule has 2 N–H and O–H groups in total. The van der Waals surface area contributed by atoms with E-state index < -0.39 is 6.04 Å². The zero-order chi connectivity index (χ0) is 16.5. The van der Waals surface area contributed by atoms with E-state index >= 15 is 0 Å². The Bertz CT molecular complexity index is 396. The molecule has 0 aromatic heterocycles. The molecular weight excluding hydrogens is 282 g/mol. The van der Waals surface area contributed by atoms with Crippen LogP contribution in [0.25, 0.3) is 0 Å². The standard InChI is InChI=1S/C16H29N3O3/c1-12(2)15(18-13(3)20)16(22)17-9-7-11-19-10-6-4-5-8-14(19)21/h12,15H,4-11H2,1-3H3,(H,17,22)(H,18,20). The molecule has 1 aliphatic heterocycles. The molecule has 1 atom stereocenters. The highest BCUT2D eigenvalue weighted by Gasteiger charge is 2.22. The molecule has 6 heteroatoms. The predicted octanol–water partition coefficient (Wildman–Crippen LogP) is 1.06.